The quantitative estimate of drug-likeness (QED) is 0.872. The third kappa shape index (κ3) is 2.58. The molecular formula is C17H19N3O2. The molecule has 0 bridgehead atoms. The van der Waals surface area contributed by atoms with Gasteiger partial charge in [0.15, 0.2) is 6.10 Å². The maximum atomic E-state index is 5.94. The number of ether oxygens (including phenoxy) is 1. The van der Waals surface area contributed by atoms with Crippen molar-refractivity contribution in [1.29, 1.82) is 0 Å². The molecule has 5 heteroatoms. The molecule has 4 rings (SSSR count). The summed E-state index contributed by atoms with van der Waals surface area (Å²) < 4.78 is 7.90. The molecule has 2 aliphatic rings. The lowest BCUT2D eigenvalue weighted by molar-refractivity contribution is 0.0470. The highest BCUT2D eigenvalue weighted by atomic mass is 16.7. The molecule has 1 aliphatic heterocycles. The molecule has 114 valence electrons. The van der Waals surface area contributed by atoms with Crippen LogP contribution in [0.4, 0.5) is 0 Å². The van der Waals surface area contributed by atoms with E-state index in [0.29, 0.717) is 6.61 Å². The van der Waals surface area contributed by atoms with Gasteiger partial charge in [0.1, 0.15) is 18.0 Å². The molecule has 0 N–H and O–H groups in total. The van der Waals surface area contributed by atoms with Crippen LogP contribution in [-0.2, 0) is 17.7 Å². The van der Waals surface area contributed by atoms with Gasteiger partial charge in [-0.05, 0) is 43.4 Å². The minimum Gasteiger partial charge on any atom is -0.487 e. The Balaban J connectivity index is 1.57. The second kappa shape index (κ2) is 5.83. The van der Waals surface area contributed by atoms with E-state index in [1.807, 2.05) is 28.9 Å². The highest BCUT2D eigenvalue weighted by Crippen LogP contribution is 2.26. The van der Waals surface area contributed by atoms with E-state index in [-0.39, 0.29) is 6.10 Å². The van der Waals surface area contributed by atoms with Gasteiger partial charge >= 0.3 is 0 Å². The average molecular weight is 297 g/mol. The number of fused-ring (bicyclic) bond motifs is 1. The smallest absolute Gasteiger partial charge is 0.166 e. The summed E-state index contributed by atoms with van der Waals surface area (Å²) in [4.78, 5) is 5.21. The lowest BCUT2D eigenvalue weighted by Crippen LogP contribution is -2.17. The average Bonchev–Trinajstić information content (AvgIpc) is 3.22. The highest BCUT2D eigenvalue weighted by Gasteiger charge is 2.18. The lowest BCUT2D eigenvalue weighted by atomic mass is 9.99. The Morgan fingerprint density at radius 1 is 1.23 bits per heavy atom. The number of oxime groups is 1. The van der Waals surface area contributed by atoms with Crippen LogP contribution in [0.2, 0.25) is 0 Å². The van der Waals surface area contributed by atoms with Crippen LogP contribution in [0.25, 0.3) is 5.69 Å². The second-order valence-corrected chi connectivity index (χ2v) is 5.78. The van der Waals surface area contributed by atoms with Crippen molar-refractivity contribution < 1.29 is 9.57 Å². The molecule has 0 spiro atoms. The van der Waals surface area contributed by atoms with E-state index < -0.39 is 0 Å². The highest BCUT2D eigenvalue weighted by molar-refractivity contribution is 5.58. The van der Waals surface area contributed by atoms with Gasteiger partial charge in [-0.1, -0.05) is 17.3 Å². The van der Waals surface area contributed by atoms with Gasteiger partial charge < -0.3 is 9.57 Å². The zero-order valence-corrected chi connectivity index (χ0v) is 12.4. The fraction of sp³-hybridized carbons (Fsp3) is 0.412. The van der Waals surface area contributed by atoms with E-state index in [2.05, 4.69) is 11.4 Å². The first-order valence-electron chi connectivity index (χ1n) is 7.87. The minimum absolute atomic E-state index is 0.0129. The van der Waals surface area contributed by atoms with Gasteiger partial charge in [-0.15, -0.1) is 0 Å². The Kier molecular flexibility index (Phi) is 3.54. The molecule has 22 heavy (non-hydrogen) atoms. The Morgan fingerprint density at radius 3 is 3.00 bits per heavy atom. The molecule has 1 aromatic heterocycles. The number of rotatable bonds is 4. The first-order chi connectivity index (χ1) is 10.9. The summed E-state index contributed by atoms with van der Waals surface area (Å²) in [5, 5.41) is 8.52. The normalized spacial score (nSPS) is 19.7. The van der Waals surface area contributed by atoms with Crippen LogP contribution in [-0.4, -0.2) is 28.7 Å². The van der Waals surface area contributed by atoms with Crippen molar-refractivity contribution in [3.8, 4) is 11.4 Å². The van der Waals surface area contributed by atoms with Crippen LogP contribution < -0.4 is 4.74 Å². The zero-order valence-electron chi connectivity index (χ0n) is 12.4. The summed E-state index contributed by atoms with van der Waals surface area (Å²) in [5.41, 5.74) is 3.58. The first-order valence-corrected chi connectivity index (χ1v) is 7.87. The van der Waals surface area contributed by atoms with Crippen LogP contribution in [0.5, 0.6) is 5.75 Å². The van der Waals surface area contributed by atoms with Crippen molar-refractivity contribution in [3.05, 3.63) is 41.7 Å². The van der Waals surface area contributed by atoms with Gasteiger partial charge in [0.05, 0.1) is 5.69 Å². The fourth-order valence-corrected chi connectivity index (χ4v) is 2.98. The van der Waals surface area contributed by atoms with Crippen molar-refractivity contribution in [2.75, 3.05) is 6.61 Å². The number of hydrogen-bond donors (Lipinski definition) is 0. The summed E-state index contributed by atoms with van der Waals surface area (Å²) in [6, 6.07) is 8.01. The van der Waals surface area contributed by atoms with Crippen LogP contribution in [0.15, 0.2) is 35.6 Å². The zero-order chi connectivity index (χ0) is 14.8. The molecule has 1 unspecified atom stereocenters. The van der Waals surface area contributed by atoms with Crippen molar-refractivity contribution >= 4 is 6.21 Å². The fourth-order valence-electron chi connectivity index (χ4n) is 2.98. The van der Waals surface area contributed by atoms with Crippen LogP contribution in [0.3, 0.4) is 0 Å². The molecule has 0 fully saturated rings. The van der Waals surface area contributed by atoms with Gasteiger partial charge in [0, 0.05) is 18.8 Å². The first kappa shape index (κ1) is 13.4. The summed E-state index contributed by atoms with van der Waals surface area (Å²) >= 11 is 0. The summed E-state index contributed by atoms with van der Waals surface area (Å²) in [5.74, 6) is 0.831. The summed E-state index contributed by atoms with van der Waals surface area (Å²) in [6.07, 6.45) is 9.45. The largest absolute Gasteiger partial charge is 0.487 e. The SMILES string of the molecule is C1=NOC(COc2ccccc2-n2cc3c(n2)CCCC3)C1. The molecule has 0 radical (unpaired) electrons. The summed E-state index contributed by atoms with van der Waals surface area (Å²) in [7, 11) is 0. The number of hydrogen-bond acceptors (Lipinski definition) is 4. The predicted molar refractivity (Wildman–Crippen MR) is 83.7 cm³/mol. The molecule has 1 atom stereocenters. The maximum Gasteiger partial charge on any atom is 0.166 e. The van der Waals surface area contributed by atoms with Gasteiger partial charge in [-0.2, -0.15) is 5.10 Å². The maximum absolute atomic E-state index is 5.94. The third-order valence-corrected chi connectivity index (χ3v) is 4.18. The standard InChI is InChI=1S/C17H19N3O2/c1-2-6-15-13(5-1)11-20(19-15)16-7-3-4-8-17(16)21-12-14-9-10-18-22-14/h3-4,7-8,10-11,14H,1-2,5-6,9,12H2. The molecule has 2 aromatic rings. The summed E-state index contributed by atoms with van der Waals surface area (Å²) in [6.45, 7) is 0.498. The lowest BCUT2D eigenvalue weighted by Gasteiger charge is -2.13. The van der Waals surface area contributed by atoms with Gasteiger partial charge in [0.2, 0.25) is 0 Å². The van der Waals surface area contributed by atoms with Gasteiger partial charge in [-0.3, -0.25) is 0 Å². The van der Waals surface area contributed by atoms with Gasteiger partial charge in [0.25, 0.3) is 0 Å². The van der Waals surface area contributed by atoms with Crippen molar-refractivity contribution in [2.24, 2.45) is 5.16 Å². The second-order valence-electron chi connectivity index (χ2n) is 5.78. The Morgan fingerprint density at radius 2 is 2.14 bits per heavy atom. The minimum atomic E-state index is 0.0129. The van der Waals surface area contributed by atoms with E-state index in [1.165, 1.54) is 24.1 Å². The monoisotopic (exact) mass is 297 g/mol. The van der Waals surface area contributed by atoms with E-state index in [0.717, 1.165) is 30.7 Å². The number of aromatic nitrogens is 2. The van der Waals surface area contributed by atoms with Crippen LogP contribution in [0.1, 0.15) is 30.5 Å². The number of para-hydroxylation sites is 2. The van der Waals surface area contributed by atoms with E-state index >= 15 is 0 Å². The molecule has 5 nitrogen and oxygen atoms in total. The van der Waals surface area contributed by atoms with Crippen molar-refractivity contribution in [2.45, 2.75) is 38.2 Å². The van der Waals surface area contributed by atoms with Gasteiger partial charge in [-0.25, -0.2) is 4.68 Å². The molecule has 1 aliphatic carbocycles. The molecule has 0 saturated carbocycles. The number of aryl methyl sites for hydroxylation is 2. The Labute approximate surface area is 129 Å². The van der Waals surface area contributed by atoms with Crippen LogP contribution in [0, 0.1) is 0 Å². The molecule has 2 heterocycles. The van der Waals surface area contributed by atoms with Crippen molar-refractivity contribution in [3.63, 3.8) is 0 Å². The molecule has 1 aromatic carbocycles. The number of nitrogens with zero attached hydrogens (tertiary/aromatic N) is 3. The topological polar surface area (TPSA) is 48.6 Å². The molecule has 0 amide bonds. The van der Waals surface area contributed by atoms with E-state index in [4.69, 9.17) is 14.7 Å². The molecule has 0 saturated heterocycles. The predicted octanol–water partition coefficient (Wildman–Crippen LogP) is 2.90. The molecular weight excluding hydrogens is 278 g/mol. The Bertz CT molecular complexity index is 661. The van der Waals surface area contributed by atoms with Crippen LogP contribution >= 0.6 is 0 Å². The van der Waals surface area contributed by atoms with E-state index in [9.17, 15) is 0 Å². The third-order valence-electron chi connectivity index (χ3n) is 4.18. The number of benzene rings is 1. The van der Waals surface area contributed by atoms with E-state index in [1.54, 1.807) is 6.21 Å². The Hall–Kier alpha value is -2.30. The van der Waals surface area contributed by atoms with Crippen molar-refractivity contribution in [1.82, 2.24) is 9.78 Å².